The van der Waals surface area contributed by atoms with Crippen LogP contribution < -0.4 is 15.4 Å². The predicted molar refractivity (Wildman–Crippen MR) is 98.0 cm³/mol. The Balaban J connectivity index is 1.81. The number of anilines is 2. The Kier molecular flexibility index (Phi) is 8.24. The average Bonchev–Trinajstić information content (AvgIpc) is 2.64. The number of nitrogens with two attached hydrogens (primary N) is 1. The Bertz CT molecular complexity index is 509. The minimum atomic E-state index is -0.198. The molecule has 1 saturated heterocycles. The number of hydrogen-bond donors (Lipinski definition) is 1. The van der Waals surface area contributed by atoms with E-state index in [0.717, 1.165) is 51.3 Å². The van der Waals surface area contributed by atoms with Crippen molar-refractivity contribution in [1.29, 1.82) is 0 Å². The smallest absolute Gasteiger partial charge is 0.217 e. The molecule has 0 bridgehead atoms. The van der Waals surface area contributed by atoms with Crippen LogP contribution in [0.3, 0.4) is 0 Å². The van der Waals surface area contributed by atoms with Gasteiger partial charge in [0.15, 0.2) is 6.29 Å². The molecule has 2 N–H and O–H groups in total. The highest BCUT2D eigenvalue weighted by atomic mass is 16.7. The molecule has 2 atom stereocenters. The predicted octanol–water partition coefficient (Wildman–Crippen LogP) is 2.45. The summed E-state index contributed by atoms with van der Waals surface area (Å²) in [6, 6.07) is 3.81. The molecule has 7 nitrogen and oxygen atoms in total. The standard InChI is InChI=1S/C18H31N3O4/c1-4-14(2)25-18(22-3)6-5-9-24-17-13-15(12-16(19)20-17)21-7-10-23-11-8-21/h12-14,18H,4-11H2,1-3H3,(H2,19,20). The summed E-state index contributed by atoms with van der Waals surface area (Å²) in [4.78, 5) is 6.49. The maximum atomic E-state index is 5.92. The van der Waals surface area contributed by atoms with Crippen molar-refractivity contribution >= 4 is 11.5 Å². The van der Waals surface area contributed by atoms with Crippen LogP contribution in [0.15, 0.2) is 12.1 Å². The number of methoxy groups -OCH3 is 1. The van der Waals surface area contributed by atoms with Crippen LogP contribution in [0.1, 0.15) is 33.1 Å². The molecule has 0 aliphatic carbocycles. The first kappa shape index (κ1) is 19.8. The summed E-state index contributed by atoms with van der Waals surface area (Å²) < 4.78 is 22.3. The van der Waals surface area contributed by atoms with Crippen molar-refractivity contribution in [2.24, 2.45) is 0 Å². The Morgan fingerprint density at radius 2 is 2.08 bits per heavy atom. The molecule has 7 heteroatoms. The first-order chi connectivity index (χ1) is 12.1. The molecule has 1 aromatic heterocycles. The van der Waals surface area contributed by atoms with Crippen LogP contribution in [0.25, 0.3) is 0 Å². The molecule has 2 heterocycles. The van der Waals surface area contributed by atoms with Crippen LogP contribution in [-0.4, -0.2) is 57.4 Å². The van der Waals surface area contributed by atoms with E-state index in [1.54, 1.807) is 7.11 Å². The van der Waals surface area contributed by atoms with Crippen LogP contribution in [0.5, 0.6) is 5.88 Å². The highest BCUT2D eigenvalue weighted by molar-refractivity contribution is 5.55. The van der Waals surface area contributed by atoms with E-state index >= 15 is 0 Å². The third kappa shape index (κ3) is 6.68. The van der Waals surface area contributed by atoms with E-state index in [-0.39, 0.29) is 12.4 Å². The molecule has 2 rings (SSSR count). The number of pyridine rings is 1. The summed E-state index contributed by atoms with van der Waals surface area (Å²) in [7, 11) is 1.67. The van der Waals surface area contributed by atoms with Crippen molar-refractivity contribution in [1.82, 2.24) is 4.98 Å². The molecule has 1 aromatic rings. The number of morpholine rings is 1. The van der Waals surface area contributed by atoms with Crippen LogP contribution in [0.4, 0.5) is 11.5 Å². The summed E-state index contributed by atoms with van der Waals surface area (Å²) in [5.41, 5.74) is 6.95. The Hall–Kier alpha value is -1.57. The monoisotopic (exact) mass is 353 g/mol. The highest BCUT2D eigenvalue weighted by Crippen LogP contribution is 2.23. The summed E-state index contributed by atoms with van der Waals surface area (Å²) in [5.74, 6) is 1.02. The molecular formula is C18H31N3O4. The largest absolute Gasteiger partial charge is 0.478 e. The Morgan fingerprint density at radius 1 is 1.32 bits per heavy atom. The Labute approximate surface area is 150 Å². The van der Waals surface area contributed by atoms with Gasteiger partial charge < -0.3 is 29.6 Å². The van der Waals surface area contributed by atoms with Crippen molar-refractivity contribution in [2.75, 3.05) is 50.7 Å². The number of nitrogens with zero attached hydrogens (tertiary/aromatic N) is 2. The molecule has 0 amide bonds. The number of ether oxygens (including phenoxy) is 4. The van der Waals surface area contributed by atoms with Gasteiger partial charge >= 0.3 is 0 Å². The van der Waals surface area contributed by atoms with Crippen LogP contribution >= 0.6 is 0 Å². The van der Waals surface area contributed by atoms with Crippen LogP contribution in [-0.2, 0) is 14.2 Å². The summed E-state index contributed by atoms with van der Waals surface area (Å²) in [5, 5.41) is 0. The van der Waals surface area contributed by atoms with Gasteiger partial charge in [-0.3, -0.25) is 0 Å². The second-order valence-corrected chi connectivity index (χ2v) is 6.20. The number of nitrogen functional groups attached to an aromatic ring is 1. The molecular weight excluding hydrogens is 322 g/mol. The van der Waals surface area contributed by atoms with Crippen LogP contribution in [0.2, 0.25) is 0 Å². The Morgan fingerprint density at radius 3 is 2.76 bits per heavy atom. The number of rotatable bonds is 10. The van der Waals surface area contributed by atoms with Gasteiger partial charge in [0.05, 0.1) is 25.9 Å². The first-order valence-corrected chi connectivity index (χ1v) is 9.03. The second-order valence-electron chi connectivity index (χ2n) is 6.20. The van der Waals surface area contributed by atoms with E-state index < -0.39 is 0 Å². The van der Waals surface area contributed by atoms with E-state index in [1.165, 1.54) is 0 Å². The normalized spacial score (nSPS) is 17.3. The van der Waals surface area contributed by atoms with Crippen molar-refractivity contribution in [3.05, 3.63) is 12.1 Å². The second kappa shape index (κ2) is 10.4. The van der Waals surface area contributed by atoms with Gasteiger partial charge in [0.25, 0.3) is 0 Å². The third-order valence-electron chi connectivity index (χ3n) is 4.24. The fraction of sp³-hybridized carbons (Fsp3) is 0.722. The lowest BCUT2D eigenvalue weighted by Crippen LogP contribution is -2.36. The zero-order chi connectivity index (χ0) is 18.1. The van der Waals surface area contributed by atoms with Crippen LogP contribution in [0, 0.1) is 0 Å². The maximum Gasteiger partial charge on any atom is 0.217 e. The molecule has 2 unspecified atom stereocenters. The third-order valence-corrected chi connectivity index (χ3v) is 4.24. The topological polar surface area (TPSA) is 79.1 Å². The maximum absolute atomic E-state index is 5.92. The SMILES string of the molecule is CCC(C)OC(CCCOc1cc(N2CCOCC2)cc(N)n1)OC. The van der Waals surface area contributed by atoms with Gasteiger partial charge in [-0.05, 0) is 19.8 Å². The summed E-state index contributed by atoms with van der Waals surface area (Å²) in [6.07, 6.45) is 2.56. The van der Waals surface area contributed by atoms with E-state index in [4.69, 9.17) is 24.7 Å². The summed E-state index contributed by atoms with van der Waals surface area (Å²) in [6.45, 7) is 7.85. The molecule has 0 spiro atoms. The zero-order valence-corrected chi connectivity index (χ0v) is 15.6. The van der Waals surface area contributed by atoms with Gasteiger partial charge in [-0.1, -0.05) is 6.92 Å². The quantitative estimate of drug-likeness (QED) is 0.511. The van der Waals surface area contributed by atoms with Gasteiger partial charge in [0, 0.05) is 44.4 Å². The molecule has 0 saturated carbocycles. The lowest BCUT2D eigenvalue weighted by molar-refractivity contribution is -0.155. The van der Waals surface area contributed by atoms with Gasteiger partial charge in [-0.15, -0.1) is 0 Å². The lowest BCUT2D eigenvalue weighted by Gasteiger charge is -2.29. The zero-order valence-electron chi connectivity index (χ0n) is 15.6. The molecule has 0 aromatic carbocycles. The van der Waals surface area contributed by atoms with Gasteiger partial charge in [-0.2, -0.15) is 4.98 Å². The molecule has 25 heavy (non-hydrogen) atoms. The molecule has 142 valence electrons. The van der Waals surface area contributed by atoms with E-state index in [0.29, 0.717) is 18.3 Å². The minimum Gasteiger partial charge on any atom is -0.478 e. The van der Waals surface area contributed by atoms with Gasteiger partial charge in [0.1, 0.15) is 5.82 Å². The van der Waals surface area contributed by atoms with Crippen molar-refractivity contribution < 1.29 is 18.9 Å². The fourth-order valence-electron chi connectivity index (χ4n) is 2.61. The summed E-state index contributed by atoms with van der Waals surface area (Å²) >= 11 is 0. The van der Waals surface area contributed by atoms with Gasteiger partial charge in [-0.25, -0.2) is 0 Å². The molecule has 1 aliphatic rings. The number of hydrogen-bond acceptors (Lipinski definition) is 7. The minimum absolute atomic E-state index is 0.192. The molecule has 1 aliphatic heterocycles. The average molecular weight is 353 g/mol. The van der Waals surface area contributed by atoms with Crippen molar-refractivity contribution in [3.63, 3.8) is 0 Å². The van der Waals surface area contributed by atoms with Gasteiger partial charge in [0.2, 0.25) is 5.88 Å². The van der Waals surface area contributed by atoms with E-state index in [9.17, 15) is 0 Å². The fourth-order valence-corrected chi connectivity index (χ4v) is 2.61. The van der Waals surface area contributed by atoms with E-state index in [2.05, 4.69) is 16.8 Å². The highest BCUT2D eigenvalue weighted by Gasteiger charge is 2.14. The van der Waals surface area contributed by atoms with E-state index in [1.807, 2.05) is 19.1 Å². The number of aromatic nitrogens is 1. The lowest BCUT2D eigenvalue weighted by atomic mass is 10.3. The first-order valence-electron chi connectivity index (χ1n) is 9.03. The molecule has 1 fully saturated rings. The van der Waals surface area contributed by atoms with Crippen molar-refractivity contribution in [3.8, 4) is 5.88 Å². The van der Waals surface area contributed by atoms with Crippen molar-refractivity contribution in [2.45, 2.75) is 45.5 Å². The molecule has 0 radical (unpaired) electrons.